The highest BCUT2D eigenvalue weighted by atomic mass is 79.9. The predicted octanol–water partition coefficient (Wildman–Crippen LogP) is 0.380. The number of rotatable bonds is 2. The Balaban J connectivity index is 2.34. The number of anilines is 1. The maximum absolute atomic E-state index is 11.9. The molecule has 1 unspecified atom stereocenters. The van der Waals surface area contributed by atoms with Gasteiger partial charge in [-0.25, -0.2) is 4.98 Å². The van der Waals surface area contributed by atoms with E-state index in [1.54, 1.807) is 24.0 Å². The van der Waals surface area contributed by atoms with Crippen LogP contribution in [0.25, 0.3) is 0 Å². The molecule has 1 atom stereocenters. The lowest BCUT2D eigenvalue weighted by Gasteiger charge is -2.34. The van der Waals surface area contributed by atoms with Gasteiger partial charge in [0.1, 0.15) is 0 Å². The molecule has 2 rings (SSSR count). The zero-order chi connectivity index (χ0) is 11.5. The van der Waals surface area contributed by atoms with Gasteiger partial charge in [-0.15, -0.1) is 0 Å². The third kappa shape index (κ3) is 2.12. The van der Waals surface area contributed by atoms with E-state index in [0.29, 0.717) is 25.6 Å². The average molecular weight is 288 g/mol. The molecule has 5 nitrogen and oxygen atoms in total. The summed E-state index contributed by atoms with van der Waals surface area (Å²) in [5.41, 5.74) is -0.0599. The number of hydrogen-bond donors (Lipinski definition) is 0. The van der Waals surface area contributed by atoms with Gasteiger partial charge in [-0.05, 0) is 0 Å². The van der Waals surface area contributed by atoms with Gasteiger partial charge in [0.05, 0.1) is 19.3 Å². The van der Waals surface area contributed by atoms with Crippen molar-refractivity contribution >= 4 is 21.7 Å². The van der Waals surface area contributed by atoms with Gasteiger partial charge in [0, 0.05) is 31.3 Å². The number of halogens is 1. The van der Waals surface area contributed by atoms with Crippen molar-refractivity contribution in [1.82, 2.24) is 9.55 Å². The summed E-state index contributed by atoms with van der Waals surface area (Å²) in [5, 5.41) is 0.771. The van der Waals surface area contributed by atoms with E-state index in [2.05, 4.69) is 20.9 Å². The first-order valence-electron chi connectivity index (χ1n) is 5.16. The highest BCUT2D eigenvalue weighted by Crippen LogP contribution is 2.14. The van der Waals surface area contributed by atoms with E-state index >= 15 is 0 Å². The fourth-order valence-electron chi connectivity index (χ4n) is 1.74. The van der Waals surface area contributed by atoms with Crippen LogP contribution in [0.4, 0.5) is 5.82 Å². The predicted molar refractivity (Wildman–Crippen MR) is 65.2 cm³/mol. The largest absolute Gasteiger partial charge is 0.377 e. The first kappa shape index (κ1) is 11.6. The normalized spacial score (nSPS) is 21.1. The van der Waals surface area contributed by atoms with E-state index in [4.69, 9.17) is 4.74 Å². The fraction of sp³-hybridized carbons (Fsp3) is 0.600. The van der Waals surface area contributed by atoms with Gasteiger partial charge in [0.25, 0.3) is 5.56 Å². The number of aryl methyl sites for hydroxylation is 1. The van der Waals surface area contributed by atoms with Crippen molar-refractivity contribution in [2.45, 2.75) is 6.04 Å². The summed E-state index contributed by atoms with van der Waals surface area (Å²) in [5.74, 6) is 0.512. The summed E-state index contributed by atoms with van der Waals surface area (Å²) in [7, 11) is 1.73. The van der Waals surface area contributed by atoms with E-state index in [-0.39, 0.29) is 11.6 Å². The molecule has 1 aliphatic heterocycles. The van der Waals surface area contributed by atoms with Crippen LogP contribution in [0, 0.1) is 0 Å². The maximum Gasteiger partial charge on any atom is 0.293 e. The number of morpholine rings is 1. The Kier molecular flexibility index (Phi) is 3.60. The smallest absolute Gasteiger partial charge is 0.293 e. The molecule has 1 aromatic heterocycles. The molecule has 16 heavy (non-hydrogen) atoms. The molecule has 88 valence electrons. The van der Waals surface area contributed by atoms with E-state index < -0.39 is 0 Å². The molecule has 0 aliphatic carbocycles. The molecule has 0 spiro atoms. The minimum atomic E-state index is -0.0599. The molecule has 0 saturated carbocycles. The van der Waals surface area contributed by atoms with Crippen LogP contribution in [-0.4, -0.2) is 40.7 Å². The van der Waals surface area contributed by atoms with Crippen molar-refractivity contribution < 1.29 is 4.74 Å². The van der Waals surface area contributed by atoms with Crippen LogP contribution in [0.1, 0.15) is 0 Å². The summed E-state index contributed by atoms with van der Waals surface area (Å²) in [4.78, 5) is 18.1. The Morgan fingerprint density at radius 1 is 1.69 bits per heavy atom. The van der Waals surface area contributed by atoms with E-state index in [1.807, 2.05) is 4.90 Å². The van der Waals surface area contributed by atoms with Crippen molar-refractivity contribution in [1.29, 1.82) is 0 Å². The molecule has 0 N–H and O–H groups in total. The summed E-state index contributed by atoms with van der Waals surface area (Å²) in [6, 6.07) is 0.177. The van der Waals surface area contributed by atoms with Crippen LogP contribution in [0.3, 0.4) is 0 Å². The zero-order valence-electron chi connectivity index (χ0n) is 9.10. The van der Waals surface area contributed by atoms with Gasteiger partial charge in [0.2, 0.25) is 0 Å². The summed E-state index contributed by atoms with van der Waals surface area (Å²) < 4.78 is 6.93. The van der Waals surface area contributed by atoms with Crippen LogP contribution in [-0.2, 0) is 11.8 Å². The van der Waals surface area contributed by atoms with Crippen molar-refractivity contribution in [3.63, 3.8) is 0 Å². The zero-order valence-corrected chi connectivity index (χ0v) is 10.7. The Morgan fingerprint density at radius 3 is 3.25 bits per heavy atom. The monoisotopic (exact) mass is 287 g/mol. The Labute approximate surface area is 102 Å². The van der Waals surface area contributed by atoms with Gasteiger partial charge >= 0.3 is 0 Å². The Hall–Kier alpha value is -0.880. The summed E-state index contributed by atoms with van der Waals surface area (Å²) in [6.07, 6.45) is 3.31. The second kappa shape index (κ2) is 4.97. The summed E-state index contributed by atoms with van der Waals surface area (Å²) >= 11 is 3.43. The standard InChI is InChI=1S/C10H14BrN3O2/c1-13-3-2-12-9(10(13)15)14-4-5-16-7-8(14)6-11/h2-3,8H,4-7H2,1H3. The second-order valence-electron chi connectivity index (χ2n) is 3.74. The lowest BCUT2D eigenvalue weighted by molar-refractivity contribution is 0.0998. The maximum atomic E-state index is 11.9. The van der Waals surface area contributed by atoms with Crippen LogP contribution in [0.2, 0.25) is 0 Å². The highest BCUT2D eigenvalue weighted by molar-refractivity contribution is 9.09. The van der Waals surface area contributed by atoms with Crippen LogP contribution in [0.5, 0.6) is 0 Å². The first-order chi connectivity index (χ1) is 7.74. The number of aromatic nitrogens is 2. The van der Waals surface area contributed by atoms with E-state index in [0.717, 1.165) is 5.33 Å². The lowest BCUT2D eigenvalue weighted by Crippen LogP contribution is -2.49. The third-order valence-electron chi connectivity index (χ3n) is 2.68. The minimum absolute atomic E-state index is 0.0599. The van der Waals surface area contributed by atoms with Crippen molar-refractivity contribution in [2.24, 2.45) is 7.05 Å². The lowest BCUT2D eigenvalue weighted by atomic mass is 10.2. The van der Waals surface area contributed by atoms with E-state index in [9.17, 15) is 4.79 Å². The fourth-order valence-corrected chi connectivity index (χ4v) is 2.28. The molecule has 1 saturated heterocycles. The molecule has 1 aliphatic rings. The van der Waals surface area contributed by atoms with Gasteiger partial charge in [-0.2, -0.15) is 0 Å². The molecule has 2 heterocycles. The average Bonchev–Trinajstić information content (AvgIpc) is 2.33. The molecule has 0 aromatic carbocycles. The first-order valence-corrected chi connectivity index (χ1v) is 6.28. The topological polar surface area (TPSA) is 47.4 Å². The van der Waals surface area contributed by atoms with Crippen molar-refractivity contribution in [3.05, 3.63) is 22.7 Å². The van der Waals surface area contributed by atoms with Crippen LogP contribution < -0.4 is 10.5 Å². The van der Waals surface area contributed by atoms with E-state index in [1.165, 1.54) is 0 Å². The Morgan fingerprint density at radius 2 is 2.50 bits per heavy atom. The van der Waals surface area contributed by atoms with Gasteiger partial charge in [-0.3, -0.25) is 4.79 Å². The summed E-state index contributed by atoms with van der Waals surface area (Å²) in [6.45, 7) is 1.98. The number of alkyl halides is 1. The molecule has 1 aromatic rings. The molecule has 6 heteroatoms. The number of nitrogens with zero attached hydrogens (tertiary/aromatic N) is 3. The second-order valence-corrected chi connectivity index (χ2v) is 4.39. The quantitative estimate of drug-likeness (QED) is 0.738. The van der Waals surface area contributed by atoms with Gasteiger partial charge < -0.3 is 14.2 Å². The molecule has 0 radical (unpaired) electrons. The van der Waals surface area contributed by atoms with Crippen molar-refractivity contribution in [3.8, 4) is 0 Å². The molecular weight excluding hydrogens is 274 g/mol. The van der Waals surface area contributed by atoms with Crippen molar-refractivity contribution in [2.75, 3.05) is 30.0 Å². The minimum Gasteiger partial charge on any atom is -0.377 e. The SMILES string of the molecule is Cn1ccnc(N2CCOCC2CBr)c1=O. The highest BCUT2D eigenvalue weighted by Gasteiger charge is 2.25. The van der Waals surface area contributed by atoms with Crippen LogP contribution >= 0.6 is 15.9 Å². The van der Waals surface area contributed by atoms with Crippen LogP contribution in [0.15, 0.2) is 17.2 Å². The Bertz CT molecular complexity index is 421. The van der Waals surface area contributed by atoms with Gasteiger partial charge in [0.15, 0.2) is 5.82 Å². The number of hydrogen-bond acceptors (Lipinski definition) is 4. The molecular formula is C10H14BrN3O2. The van der Waals surface area contributed by atoms with Gasteiger partial charge in [-0.1, -0.05) is 15.9 Å². The molecule has 1 fully saturated rings. The molecule has 0 amide bonds. The molecule has 0 bridgehead atoms. The third-order valence-corrected chi connectivity index (χ3v) is 3.42. The number of ether oxygens (including phenoxy) is 1.